The molecule has 18 atom stereocenters. The number of rotatable bonds is 19. The van der Waals surface area contributed by atoms with Crippen LogP contribution in [0.4, 0.5) is 0 Å². The number of unbranched alkanes of at least 4 members (excludes halogenated alkanes) is 8. The first-order valence-electron chi connectivity index (χ1n) is 39.4. The van der Waals surface area contributed by atoms with Crippen LogP contribution in [0.15, 0.2) is 115 Å². The van der Waals surface area contributed by atoms with Gasteiger partial charge in [-0.05, 0) is 114 Å². The highest BCUT2D eigenvalue weighted by Gasteiger charge is 2.52. The zero-order valence-electron chi connectivity index (χ0n) is 65.9. The molecule has 37 nitrogen and oxygen atoms in total. The number of nitrogens with one attached hydrogen (secondary N) is 8. The number of esters is 1. The maximum Gasteiger partial charge on any atom is 0.337 e. The molecule has 8 aliphatic heterocycles. The summed E-state index contributed by atoms with van der Waals surface area (Å²) in [6.45, 7) is 1.13. The number of phenolic OH excluding ortho intramolecular Hbond substituents is 4. The van der Waals surface area contributed by atoms with E-state index in [-0.39, 0.29) is 34.8 Å². The minimum atomic E-state index is -2.45. The van der Waals surface area contributed by atoms with Crippen molar-refractivity contribution in [1.29, 1.82) is 0 Å². The Balaban J connectivity index is 1.04. The lowest BCUT2D eigenvalue weighted by molar-refractivity contribution is -0.277. The molecule has 0 spiro atoms. The van der Waals surface area contributed by atoms with Crippen LogP contribution in [0.25, 0.3) is 11.1 Å². The molecule has 0 saturated carbocycles. The van der Waals surface area contributed by atoms with E-state index in [9.17, 15) is 80.5 Å². The summed E-state index contributed by atoms with van der Waals surface area (Å²) in [5.74, 6) is -18.6. The zero-order chi connectivity index (χ0) is 88.1. The average molecular weight is 1750 g/mol. The lowest BCUT2D eigenvalue weighted by atomic mass is 9.89. The van der Waals surface area contributed by atoms with Crippen molar-refractivity contribution < 1.29 is 142 Å². The number of carbonyl (C=O) groups is 9. The number of fused-ring (bicyclic) bond motifs is 14. The molecule has 0 aromatic heterocycles. The van der Waals surface area contributed by atoms with Gasteiger partial charge in [-0.1, -0.05) is 112 Å². The van der Waals surface area contributed by atoms with E-state index in [1.807, 2.05) is 0 Å². The SMILES string of the molecule is CCCCCCCCCCCC(=O)N[C@H]1[C@H](Oc2c3cc4cc2Oc2ccc(cc2Cl)[C@@H](O)[C@@H]2NC(=O)[C@H](NC(=O)[C@@H]4NC(=O)[C@H]4NC(=O)[C@@H](Cc5ccc(cc5)O3)NC(=O)[C@@H](NC)c3ccc(O)c(c3)Oc3cc(O)c(Cl)c4c3)c3ccc(O)c(c3)-c3c(O[C@H]4O[C@H](CO)[C@@H](O)[C@H](O)[C@@H]4O)cc(O)cc3[C@H](C(=O)O)NC2=O)O[C@H](C(=O)OC)[C@@H](O)[C@@H]1O. The van der Waals surface area contributed by atoms with Gasteiger partial charge in [-0.3, -0.25) is 33.6 Å². The Morgan fingerprint density at radius 3 is 1.85 bits per heavy atom. The number of methoxy groups -OCH3 is 1. The molecule has 123 heavy (non-hydrogen) atoms. The molecule has 0 unspecified atom stereocenters. The number of amides is 7. The molecule has 17 bridgehead atoms. The predicted octanol–water partition coefficient (Wildman–Crippen LogP) is 4.42. The minimum absolute atomic E-state index is 0.123. The first kappa shape index (κ1) is 88.9. The van der Waals surface area contributed by atoms with Gasteiger partial charge in [0.15, 0.2) is 35.1 Å². The van der Waals surface area contributed by atoms with Gasteiger partial charge in [0, 0.05) is 47.2 Å². The molecule has 654 valence electrons. The van der Waals surface area contributed by atoms with Crippen molar-refractivity contribution in [2.45, 2.75) is 187 Å². The quantitative estimate of drug-likeness (QED) is 0.0393. The monoisotopic (exact) mass is 1740 g/mol. The van der Waals surface area contributed by atoms with E-state index in [0.717, 1.165) is 125 Å². The molecule has 8 heterocycles. The second-order valence-electron chi connectivity index (χ2n) is 30.3. The average Bonchev–Trinajstić information content (AvgIpc) is 0.759. The largest absolute Gasteiger partial charge is 0.508 e. The fourth-order valence-electron chi connectivity index (χ4n) is 15.3. The number of ether oxygens (including phenoxy) is 8. The van der Waals surface area contributed by atoms with Gasteiger partial charge in [-0.15, -0.1) is 0 Å². The Labute approximate surface area is 710 Å². The summed E-state index contributed by atoms with van der Waals surface area (Å²) in [5, 5.41) is 157. The second-order valence-corrected chi connectivity index (χ2v) is 31.1. The highest BCUT2D eigenvalue weighted by molar-refractivity contribution is 6.33. The Morgan fingerprint density at radius 2 is 1.17 bits per heavy atom. The third-order valence-corrected chi connectivity index (χ3v) is 22.6. The molecule has 0 radical (unpaired) electrons. The summed E-state index contributed by atoms with van der Waals surface area (Å²) >= 11 is 14.2. The standard InChI is InChI=1S/C84H90Cl2N8O29/c1-4-5-6-7-8-9-10-11-12-13-57(100)89-66-69(103)71(105)74(82(115)116-3)123-83(66)122-73-54-28-39-29-55(73)119-51-23-18-38(26-46(51)85)67(101)65-80(112)93-64(81(113)114)44-30-40(96)31-53(120-84-72(106)70(104)68(102)56(34-95)121-84)58(44)43-25-36(16-21-48(43)97)61(77(109)94-65)90-78(110)62(39)91-79(111)63-45-32-42(33-50(99)59(45)86)118-52-27-37(17-22-49(52)98)60(87-2)76(108)88-47(75(107)92-63)24-35-14-19-41(117-54)20-15-35/h14-23,25-33,47,56,60-72,74,83-84,87,95-99,101-106H,4-13,24,34H2,1-3H3,(H,88,108)(H,89,100)(H,90,110)(H,91,111)(H,92,107)(H,93,112)(H,94,109)(H,113,114)/t47-,56-,60+,61-,62-,63+,64-,65+,66-,67-,68-,69-,70+,71+,72+,74+,83-,84+/m1/s1. The number of aliphatic hydroxyl groups is 7. The Morgan fingerprint density at radius 1 is 0.537 bits per heavy atom. The Hall–Kier alpha value is -11.8. The number of hydrogen-bond donors (Lipinski definition) is 20. The summed E-state index contributed by atoms with van der Waals surface area (Å²) in [4.78, 5) is 136. The molecule has 15 rings (SSSR count). The van der Waals surface area contributed by atoms with Crippen LogP contribution >= 0.6 is 23.2 Å². The number of carboxylic acid groups (broad SMARTS) is 1. The molecule has 2 fully saturated rings. The predicted molar refractivity (Wildman–Crippen MR) is 428 cm³/mol. The van der Waals surface area contributed by atoms with E-state index in [2.05, 4.69) is 49.5 Å². The summed E-state index contributed by atoms with van der Waals surface area (Å²) in [5.41, 5.74) is -3.19. The van der Waals surface area contributed by atoms with Gasteiger partial charge in [0.1, 0.15) is 125 Å². The van der Waals surface area contributed by atoms with Gasteiger partial charge in [-0.25, -0.2) is 9.59 Å². The number of carbonyl (C=O) groups excluding carboxylic acids is 8. The van der Waals surface area contributed by atoms with Gasteiger partial charge in [-0.2, -0.15) is 0 Å². The molecular weight excluding hydrogens is 1660 g/mol. The number of benzene rings is 7. The van der Waals surface area contributed by atoms with E-state index >= 15 is 24.0 Å². The molecule has 7 aromatic carbocycles. The molecule has 8 aliphatic rings. The van der Waals surface area contributed by atoms with Crippen molar-refractivity contribution in [2.75, 3.05) is 20.8 Å². The van der Waals surface area contributed by atoms with Crippen molar-refractivity contribution in [1.82, 2.24) is 42.5 Å². The van der Waals surface area contributed by atoms with Crippen LogP contribution in [0.5, 0.6) is 69.0 Å². The van der Waals surface area contributed by atoms with E-state index in [4.69, 9.17) is 61.1 Å². The van der Waals surface area contributed by atoms with Gasteiger partial charge >= 0.3 is 11.9 Å². The van der Waals surface area contributed by atoms with Crippen LogP contribution in [0.3, 0.4) is 0 Å². The minimum Gasteiger partial charge on any atom is -0.508 e. The van der Waals surface area contributed by atoms with Crippen LogP contribution in [0.2, 0.25) is 10.0 Å². The van der Waals surface area contributed by atoms with Crippen molar-refractivity contribution in [3.63, 3.8) is 0 Å². The van der Waals surface area contributed by atoms with Gasteiger partial charge in [0.05, 0.1) is 23.8 Å². The zero-order valence-corrected chi connectivity index (χ0v) is 67.4. The topological polar surface area (TPSA) is 566 Å². The first-order chi connectivity index (χ1) is 58.8. The number of aliphatic carboxylic acids is 1. The first-order valence-corrected chi connectivity index (χ1v) is 40.2. The lowest BCUT2D eigenvalue weighted by Crippen LogP contribution is -2.66. The number of aliphatic hydroxyl groups excluding tert-OH is 7. The molecule has 20 N–H and O–H groups in total. The maximum absolute atomic E-state index is 16.7. The van der Waals surface area contributed by atoms with Crippen molar-refractivity contribution >= 4 is 76.5 Å². The number of hydrogen-bond acceptors (Lipinski definition) is 29. The van der Waals surface area contributed by atoms with Crippen molar-refractivity contribution in [3.05, 3.63) is 164 Å². The highest BCUT2D eigenvalue weighted by atomic mass is 35.5. The summed E-state index contributed by atoms with van der Waals surface area (Å²) in [6.07, 6.45) is -13.4. The van der Waals surface area contributed by atoms with Gasteiger partial charge in [0.25, 0.3) is 0 Å². The van der Waals surface area contributed by atoms with E-state index in [1.54, 1.807) is 0 Å². The third-order valence-electron chi connectivity index (χ3n) is 21.9. The molecule has 0 aliphatic carbocycles. The van der Waals surface area contributed by atoms with Crippen LogP contribution < -0.4 is 66.2 Å². The van der Waals surface area contributed by atoms with E-state index in [1.165, 1.54) is 49.5 Å². The third kappa shape index (κ3) is 19.3. The van der Waals surface area contributed by atoms with Crippen molar-refractivity contribution in [3.8, 4) is 80.1 Å². The summed E-state index contributed by atoms with van der Waals surface area (Å²) in [6, 6.07) is 4.82. The smallest absolute Gasteiger partial charge is 0.337 e. The number of halogens is 2. The number of phenols is 4. The normalized spacial score (nSPS) is 26.3. The number of aromatic hydroxyl groups is 4. The maximum atomic E-state index is 16.7. The second kappa shape index (κ2) is 38.3. The molecule has 7 amide bonds. The fraction of sp³-hybridized carbons (Fsp3) is 0.393. The Bertz CT molecular complexity index is 5200. The van der Waals surface area contributed by atoms with Crippen LogP contribution in [0, 0.1) is 0 Å². The van der Waals surface area contributed by atoms with E-state index < -0.39 is 271 Å². The van der Waals surface area contributed by atoms with Crippen LogP contribution in [-0.4, -0.2) is 209 Å². The van der Waals surface area contributed by atoms with Gasteiger partial charge < -0.3 is 142 Å². The van der Waals surface area contributed by atoms with Crippen LogP contribution in [0.1, 0.15) is 146 Å². The molecular formula is C84H90Cl2N8O29. The van der Waals surface area contributed by atoms with Crippen LogP contribution in [-0.2, 0) is 63.8 Å². The summed E-state index contributed by atoms with van der Waals surface area (Å²) in [7, 11) is 2.38. The fourth-order valence-corrected chi connectivity index (χ4v) is 15.8. The highest BCUT2D eigenvalue weighted by Crippen LogP contribution is 2.50. The Kier molecular flexibility index (Phi) is 27.7. The molecule has 39 heteroatoms. The number of likely N-dealkylation sites (N-methyl/N-ethyl adjacent to an activating group) is 1. The summed E-state index contributed by atoms with van der Waals surface area (Å²) < 4.78 is 49.4. The van der Waals surface area contributed by atoms with E-state index in [0.29, 0.717) is 18.4 Å². The van der Waals surface area contributed by atoms with Crippen molar-refractivity contribution in [2.24, 2.45) is 0 Å². The lowest BCUT2D eigenvalue weighted by Gasteiger charge is -2.41. The molecule has 2 saturated heterocycles. The number of carboxylic acids is 1. The van der Waals surface area contributed by atoms with Gasteiger partial charge in [0.2, 0.25) is 59.7 Å². The molecule has 7 aromatic rings.